The zero-order valence-corrected chi connectivity index (χ0v) is 46.5. The highest BCUT2D eigenvalue weighted by Gasteiger charge is 2.22. The minimum Gasteiger partial charge on any atom is -0.0654 e. The molecule has 0 N–H and O–H groups in total. The summed E-state index contributed by atoms with van der Waals surface area (Å²) in [7, 11) is 0. The molecule has 12 rings (SSSR count). The van der Waals surface area contributed by atoms with E-state index in [0.717, 1.165) is 31.6 Å². The first-order chi connectivity index (χ1) is 35.3. The van der Waals surface area contributed by atoms with E-state index in [-0.39, 0.29) is 0 Å². The summed E-state index contributed by atoms with van der Waals surface area (Å²) in [6.45, 7) is 24.6. The summed E-state index contributed by atoms with van der Waals surface area (Å²) in [5.74, 6) is 2.64. The Morgan fingerprint density at radius 2 is 0.534 bits per heavy atom. The van der Waals surface area contributed by atoms with E-state index in [1.54, 1.807) is 0 Å². The maximum atomic E-state index is 2.44. The van der Waals surface area contributed by atoms with Gasteiger partial charge in [0, 0.05) is 0 Å². The second-order valence-electron chi connectivity index (χ2n) is 22.8. The van der Waals surface area contributed by atoms with Crippen LogP contribution in [0.15, 0.2) is 164 Å². The van der Waals surface area contributed by atoms with Crippen LogP contribution in [0.3, 0.4) is 0 Å². The third-order valence-electron chi connectivity index (χ3n) is 15.1. The largest absolute Gasteiger partial charge is 0.0654 e. The van der Waals surface area contributed by atoms with E-state index in [1.807, 2.05) is 0 Å². The summed E-state index contributed by atoms with van der Waals surface area (Å²) in [5, 5.41) is 0. The zero-order valence-electron chi connectivity index (χ0n) is 46.5. The van der Waals surface area contributed by atoms with Crippen LogP contribution in [0.25, 0.3) is 44.5 Å². The van der Waals surface area contributed by atoms with Crippen molar-refractivity contribution >= 4 is 0 Å². The lowest BCUT2D eigenvalue weighted by molar-refractivity contribution is 0.737. The third kappa shape index (κ3) is 12.9. The van der Waals surface area contributed by atoms with Gasteiger partial charge in [-0.2, -0.15) is 0 Å². The SMILES string of the molecule is CC(C)C.CC(C)c1ccc2c(c1)-c1cc(C(C)C)ccc1C2.CC(C)c1ccc2c(c1)-c1ccccc1C2.CCCCc1ccc2c(c1)-c1cc(CCCC)ccc1C2.c1ccc2c(c1)Cc1ccccc1-2. The molecule has 4 aliphatic rings. The van der Waals surface area contributed by atoms with Crippen LogP contribution in [0.5, 0.6) is 0 Å². The lowest BCUT2D eigenvalue weighted by atomic mass is 9.94. The fourth-order valence-corrected chi connectivity index (χ4v) is 10.8. The number of hydrogen-bond acceptors (Lipinski definition) is 0. The predicted molar refractivity (Wildman–Crippen MR) is 319 cm³/mol. The van der Waals surface area contributed by atoms with Gasteiger partial charge in [0.1, 0.15) is 0 Å². The molecule has 0 saturated carbocycles. The van der Waals surface area contributed by atoms with Gasteiger partial charge in [0.15, 0.2) is 0 Å². The van der Waals surface area contributed by atoms with E-state index in [1.165, 1.54) is 155 Å². The van der Waals surface area contributed by atoms with E-state index in [2.05, 4.69) is 240 Å². The standard InChI is InChI=1S/C21H26.C19H22.C16H16.C13H10.C4H10/c1-3-5-7-16-9-11-18-15-19-12-10-17(8-6-4-2)14-21(19)20(18)13-16;1-12(2)14-5-7-16-9-17-8-6-15(13(3)4)11-19(17)18(16)10-14;1-11(2)12-7-8-14-9-13-5-3-4-6-15(13)16(14)10-12;1-3-7-12-10(5-1)9-11-6-2-4-8-13(11)12;1-4(2)3/h9-14H,3-8,15H2,1-2H3;5-8,10-13H,9H2,1-4H3;3-8,10-11H,9H2,1-2H3;1-8H,9H2;4H,1-3H3. The fourth-order valence-electron chi connectivity index (χ4n) is 10.8. The van der Waals surface area contributed by atoms with Gasteiger partial charge in [-0.05, 0) is 192 Å². The topological polar surface area (TPSA) is 0 Å². The number of hydrogen-bond donors (Lipinski definition) is 0. The second-order valence-corrected chi connectivity index (χ2v) is 22.8. The van der Waals surface area contributed by atoms with E-state index in [4.69, 9.17) is 0 Å². The molecular weight excluding hydrogens is 877 g/mol. The molecule has 8 aromatic carbocycles. The molecule has 0 aromatic heterocycles. The van der Waals surface area contributed by atoms with Gasteiger partial charge in [-0.3, -0.25) is 0 Å². The van der Waals surface area contributed by atoms with Crippen LogP contribution in [0, 0.1) is 5.92 Å². The molecule has 0 saturated heterocycles. The van der Waals surface area contributed by atoms with Gasteiger partial charge in [-0.15, -0.1) is 0 Å². The molecule has 0 amide bonds. The molecule has 0 heteroatoms. The molecule has 8 aromatic rings. The highest BCUT2D eigenvalue weighted by atomic mass is 14.3. The van der Waals surface area contributed by atoms with Crippen molar-refractivity contribution in [3.63, 3.8) is 0 Å². The lowest BCUT2D eigenvalue weighted by Gasteiger charge is -2.10. The van der Waals surface area contributed by atoms with Crippen molar-refractivity contribution < 1.29 is 0 Å². The number of benzene rings is 8. The number of rotatable bonds is 9. The third-order valence-corrected chi connectivity index (χ3v) is 15.1. The molecule has 376 valence electrons. The number of unbranched alkanes of at least 4 members (excludes halogenated alkanes) is 2. The van der Waals surface area contributed by atoms with Crippen LogP contribution in [-0.4, -0.2) is 0 Å². The summed E-state index contributed by atoms with van der Waals surface area (Å²) < 4.78 is 0. The Balaban J connectivity index is 0.000000128. The van der Waals surface area contributed by atoms with Crippen molar-refractivity contribution in [3.05, 3.63) is 236 Å². The summed E-state index contributed by atoms with van der Waals surface area (Å²) in [4.78, 5) is 0. The predicted octanol–water partition coefficient (Wildman–Crippen LogP) is 20.7. The van der Waals surface area contributed by atoms with Crippen LogP contribution in [0.2, 0.25) is 0 Å². The van der Waals surface area contributed by atoms with Gasteiger partial charge in [0.05, 0.1) is 0 Å². The van der Waals surface area contributed by atoms with E-state index in [0.29, 0.717) is 17.8 Å². The second kappa shape index (κ2) is 24.7. The van der Waals surface area contributed by atoms with Gasteiger partial charge in [-0.25, -0.2) is 0 Å². The Labute approximate surface area is 442 Å². The Kier molecular flexibility index (Phi) is 17.9. The minimum absolute atomic E-state index is 0.600. The van der Waals surface area contributed by atoms with Crippen LogP contribution >= 0.6 is 0 Å². The first-order valence-corrected chi connectivity index (χ1v) is 28.2. The average Bonchev–Trinajstić information content (AvgIpc) is 4.17. The Hall–Kier alpha value is -6.24. The number of fused-ring (bicyclic) bond motifs is 12. The van der Waals surface area contributed by atoms with Crippen molar-refractivity contribution in [3.8, 4) is 44.5 Å². The van der Waals surface area contributed by atoms with Gasteiger partial charge in [-0.1, -0.05) is 253 Å². The molecular formula is C73H84. The van der Waals surface area contributed by atoms with Gasteiger partial charge in [0.25, 0.3) is 0 Å². The van der Waals surface area contributed by atoms with Crippen molar-refractivity contribution in [2.75, 3.05) is 0 Å². The molecule has 0 heterocycles. The summed E-state index contributed by atoms with van der Waals surface area (Å²) in [6.07, 6.45) is 12.0. The van der Waals surface area contributed by atoms with Crippen LogP contribution in [-0.2, 0) is 38.5 Å². The first kappa shape index (κ1) is 53.1. The molecule has 73 heavy (non-hydrogen) atoms. The average molecular weight is 961 g/mol. The highest BCUT2D eigenvalue weighted by molar-refractivity contribution is 5.80. The van der Waals surface area contributed by atoms with E-state index in [9.17, 15) is 0 Å². The zero-order chi connectivity index (χ0) is 51.6. The molecule has 0 fully saturated rings. The van der Waals surface area contributed by atoms with Crippen molar-refractivity contribution in [1.82, 2.24) is 0 Å². The van der Waals surface area contributed by atoms with Gasteiger partial charge in [0.2, 0.25) is 0 Å². The molecule has 0 unspecified atom stereocenters. The quantitative estimate of drug-likeness (QED) is 0.135. The summed E-state index contributed by atoms with van der Waals surface area (Å²) in [6, 6.07) is 61.3. The van der Waals surface area contributed by atoms with Crippen molar-refractivity contribution in [2.45, 2.75) is 158 Å². The normalized spacial score (nSPS) is 12.4. The Morgan fingerprint density at radius 1 is 0.288 bits per heavy atom. The molecule has 0 aliphatic heterocycles. The molecule has 0 atom stereocenters. The maximum absolute atomic E-state index is 2.44. The molecule has 0 bridgehead atoms. The Morgan fingerprint density at radius 3 is 0.836 bits per heavy atom. The summed E-state index contributed by atoms with van der Waals surface area (Å²) in [5.41, 5.74) is 30.8. The molecule has 0 spiro atoms. The van der Waals surface area contributed by atoms with Crippen LogP contribution < -0.4 is 0 Å². The van der Waals surface area contributed by atoms with E-state index >= 15 is 0 Å². The molecule has 0 radical (unpaired) electrons. The monoisotopic (exact) mass is 961 g/mol. The highest BCUT2D eigenvalue weighted by Crippen LogP contribution is 2.42. The minimum atomic E-state index is 0.600. The first-order valence-electron chi connectivity index (χ1n) is 28.2. The van der Waals surface area contributed by atoms with Gasteiger partial charge < -0.3 is 0 Å². The maximum Gasteiger partial charge on any atom is -0.00134 e. The van der Waals surface area contributed by atoms with Crippen LogP contribution in [0.4, 0.5) is 0 Å². The molecule has 0 nitrogen and oxygen atoms in total. The van der Waals surface area contributed by atoms with Crippen LogP contribution in [0.1, 0.15) is 192 Å². The Bertz CT molecular complexity index is 2960. The fraction of sp³-hybridized carbons (Fsp3) is 0.342. The van der Waals surface area contributed by atoms with Crippen molar-refractivity contribution in [1.29, 1.82) is 0 Å². The summed E-state index contributed by atoms with van der Waals surface area (Å²) >= 11 is 0. The van der Waals surface area contributed by atoms with Crippen molar-refractivity contribution in [2.24, 2.45) is 5.92 Å². The smallest absolute Gasteiger partial charge is 0.00134 e. The van der Waals surface area contributed by atoms with E-state index < -0.39 is 0 Å². The van der Waals surface area contributed by atoms with Gasteiger partial charge >= 0.3 is 0 Å². The lowest BCUT2D eigenvalue weighted by Crippen LogP contribution is -1.90. The molecule has 4 aliphatic carbocycles. The number of aryl methyl sites for hydroxylation is 2.